The molecule has 0 saturated carbocycles. The Morgan fingerprint density at radius 2 is 1.76 bits per heavy atom. The van der Waals surface area contributed by atoms with Crippen molar-refractivity contribution in [2.75, 3.05) is 18.5 Å². The first kappa shape index (κ1) is 20.8. The van der Waals surface area contributed by atoms with Crippen molar-refractivity contribution in [3.63, 3.8) is 0 Å². The molecule has 1 aliphatic rings. The quantitative estimate of drug-likeness (QED) is 0.518. The van der Waals surface area contributed by atoms with Crippen LogP contribution in [-0.2, 0) is 4.79 Å². The van der Waals surface area contributed by atoms with Gasteiger partial charge in [0.05, 0.1) is 11.4 Å². The number of pyridine rings is 1. The molecule has 2 aromatic heterocycles. The van der Waals surface area contributed by atoms with Gasteiger partial charge in [-0.2, -0.15) is 5.10 Å². The lowest BCUT2D eigenvalue weighted by atomic mass is 10.1. The Bertz CT molecular complexity index is 1420. The fraction of sp³-hybridized carbons (Fsp3) is 0.240. The number of rotatable bonds is 4. The van der Waals surface area contributed by atoms with E-state index >= 15 is 0 Å². The van der Waals surface area contributed by atoms with Gasteiger partial charge in [0, 0.05) is 23.2 Å². The van der Waals surface area contributed by atoms with E-state index in [1.165, 1.54) is 4.57 Å². The summed E-state index contributed by atoms with van der Waals surface area (Å²) in [4.78, 5) is 26.4. The lowest BCUT2D eigenvalue weighted by Gasteiger charge is -2.21. The number of hydrogen-bond acceptors (Lipinski definition) is 5. The molecule has 3 heterocycles. The molecule has 4 aromatic rings. The minimum atomic E-state index is -0.785. The molecule has 8 nitrogen and oxygen atoms in total. The van der Waals surface area contributed by atoms with Crippen LogP contribution >= 0.6 is 0 Å². The maximum atomic E-state index is 13.2. The zero-order valence-electron chi connectivity index (χ0n) is 18.7. The van der Waals surface area contributed by atoms with Crippen molar-refractivity contribution < 1.29 is 14.3 Å². The van der Waals surface area contributed by atoms with Gasteiger partial charge >= 0.3 is 0 Å². The van der Waals surface area contributed by atoms with Crippen molar-refractivity contribution in [3.05, 3.63) is 76.2 Å². The maximum absolute atomic E-state index is 13.2. The number of carbonyl (C=O) groups excluding carboxylic acids is 1. The fourth-order valence-electron chi connectivity index (χ4n) is 4.24. The van der Waals surface area contributed by atoms with E-state index in [9.17, 15) is 9.59 Å². The molecule has 0 fully saturated rings. The normalized spacial score (nSPS) is 13.7. The Labute approximate surface area is 190 Å². The van der Waals surface area contributed by atoms with Gasteiger partial charge in [-0.15, -0.1) is 0 Å². The number of fused-ring (bicyclic) bond motifs is 2. The number of aryl methyl sites for hydroxylation is 2. The van der Waals surface area contributed by atoms with Gasteiger partial charge in [-0.1, -0.05) is 18.2 Å². The summed E-state index contributed by atoms with van der Waals surface area (Å²) in [5.74, 6) is 0.905. The van der Waals surface area contributed by atoms with E-state index in [0.29, 0.717) is 36.0 Å². The molecule has 1 amide bonds. The van der Waals surface area contributed by atoms with Crippen molar-refractivity contribution in [2.45, 2.75) is 26.8 Å². The van der Waals surface area contributed by atoms with Gasteiger partial charge in [-0.05, 0) is 50.6 Å². The first-order chi connectivity index (χ1) is 15.9. The smallest absolute Gasteiger partial charge is 0.253 e. The van der Waals surface area contributed by atoms with E-state index in [-0.39, 0.29) is 11.5 Å². The number of hydrogen-bond donors (Lipinski definition) is 1. The molecule has 1 aliphatic heterocycles. The number of para-hydroxylation sites is 1. The Hall–Kier alpha value is -4.07. The Kier molecular flexibility index (Phi) is 5.12. The van der Waals surface area contributed by atoms with Crippen LogP contribution in [0.4, 0.5) is 5.69 Å². The lowest BCUT2D eigenvalue weighted by molar-refractivity contribution is -0.118. The van der Waals surface area contributed by atoms with Crippen LogP contribution in [0.25, 0.3) is 16.7 Å². The zero-order valence-corrected chi connectivity index (χ0v) is 18.7. The van der Waals surface area contributed by atoms with Crippen LogP contribution < -0.4 is 20.3 Å². The van der Waals surface area contributed by atoms with Gasteiger partial charge in [0.15, 0.2) is 11.5 Å². The van der Waals surface area contributed by atoms with Crippen LogP contribution in [0.5, 0.6) is 11.5 Å². The highest BCUT2D eigenvalue weighted by atomic mass is 16.6. The van der Waals surface area contributed by atoms with Crippen molar-refractivity contribution in [1.82, 2.24) is 14.3 Å². The number of aromatic nitrogens is 3. The first-order valence-corrected chi connectivity index (χ1v) is 10.8. The van der Waals surface area contributed by atoms with E-state index in [0.717, 1.165) is 22.3 Å². The van der Waals surface area contributed by atoms with Crippen LogP contribution in [-0.4, -0.2) is 33.5 Å². The van der Waals surface area contributed by atoms with Crippen LogP contribution in [0.15, 0.2) is 59.4 Å². The van der Waals surface area contributed by atoms with Crippen LogP contribution in [0.2, 0.25) is 0 Å². The van der Waals surface area contributed by atoms with Gasteiger partial charge in [-0.3, -0.25) is 14.2 Å². The average Bonchev–Trinajstić information content (AvgIpc) is 3.16. The van der Waals surface area contributed by atoms with Gasteiger partial charge in [0.2, 0.25) is 5.91 Å². The van der Waals surface area contributed by atoms with Crippen LogP contribution in [0, 0.1) is 13.8 Å². The van der Waals surface area contributed by atoms with E-state index in [2.05, 4.69) is 5.32 Å². The fourth-order valence-corrected chi connectivity index (χ4v) is 4.24. The molecule has 2 aromatic carbocycles. The number of ether oxygens (including phenoxy) is 2. The maximum Gasteiger partial charge on any atom is 0.253 e. The highest BCUT2D eigenvalue weighted by molar-refractivity contribution is 5.95. The molecule has 33 heavy (non-hydrogen) atoms. The van der Waals surface area contributed by atoms with Gasteiger partial charge < -0.3 is 14.8 Å². The van der Waals surface area contributed by atoms with E-state index < -0.39 is 6.04 Å². The lowest BCUT2D eigenvalue weighted by Crippen LogP contribution is -2.32. The van der Waals surface area contributed by atoms with Gasteiger partial charge in [-0.25, -0.2) is 4.68 Å². The SMILES string of the molecule is Cc1cc(=O)n(C(C)C(=O)Nc2ccc3c(c2)OCCO3)c2c1c(C)nn2-c1ccccc1. The summed E-state index contributed by atoms with van der Waals surface area (Å²) in [6, 6.07) is 15.6. The topological polar surface area (TPSA) is 87.4 Å². The predicted octanol–water partition coefficient (Wildman–Crippen LogP) is 3.77. The molecule has 1 N–H and O–H groups in total. The molecule has 0 bridgehead atoms. The molecule has 5 rings (SSSR count). The monoisotopic (exact) mass is 444 g/mol. The van der Waals surface area contributed by atoms with E-state index in [4.69, 9.17) is 14.6 Å². The van der Waals surface area contributed by atoms with Crippen molar-refractivity contribution in [3.8, 4) is 17.2 Å². The highest BCUT2D eigenvalue weighted by Crippen LogP contribution is 2.33. The number of anilines is 1. The van der Waals surface area contributed by atoms with E-state index in [1.54, 1.807) is 35.9 Å². The second-order valence-electron chi connectivity index (χ2n) is 8.09. The standard InChI is InChI=1S/C25H24N4O4/c1-15-13-22(30)28(25-23(15)16(2)27-29(25)19-7-5-4-6-8-19)17(3)24(31)26-18-9-10-20-21(14-18)33-12-11-32-20/h4-10,13-14,17H,11-12H2,1-3H3,(H,26,31). The number of benzene rings is 2. The summed E-state index contributed by atoms with van der Waals surface area (Å²) < 4.78 is 14.4. The summed E-state index contributed by atoms with van der Waals surface area (Å²) in [7, 11) is 0. The Balaban J connectivity index is 1.58. The van der Waals surface area contributed by atoms with E-state index in [1.807, 2.05) is 44.2 Å². The van der Waals surface area contributed by atoms with Crippen molar-refractivity contribution >= 4 is 22.6 Å². The number of carbonyl (C=O) groups is 1. The van der Waals surface area contributed by atoms with Crippen molar-refractivity contribution in [1.29, 1.82) is 0 Å². The largest absolute Gasteiger partial charge is 0.486 e. The third-order valence-electron chi connectivity index (χ3n) is 5.81. The minimum Gasteiger partial charge on any atom is -0.486 e. The first-order valence-electron chi connectivity index (χ1n) is 10.8. The molecule has 8 heteroatoms. The summed E-state index contributed by atoms with van der Waals surface area (Å²) in [6.45, 7) is 6.46. The van der Waals surface area contributed by atoms with Gasteiger partial charge in [0.1, 0.15) is 24.9 Å². The second-order valence-corrected chi connectivity index (χ2v) is 8.09. The minimum absolute atomic E-state index is 0.262. The molecule has 168 valence electrons. The molecular formula is C25H24N4O4. The molecule has 1 unspecified atom stereocenters. The second kappa shape index (κ2) is 8.12. The summed E-state index contributed by atoms with van der Waals surface area (Å²) >= 11 is 0. The zero-order chi connectivity index (χ0) is 23.1. The van der Waals surface area contributed by atoms with Crippen LogP contribution in [0.3, 0.4) is 0 Å². The van der Waals surface area contributed by atoms with Gasteiger partial charge in [0.25, 0.3) is 5.56 Å². The van der Waals surface area contributed by atoms with Crippen LogP contribution in [0.1, 0.15) is 24.2 Å². The summed E-state index contributed by atoms with van der Waals surface area (Å²) in [6.07, 6.45) is 0. The predicted molar refractivity (Wildman–Crippen MR) is 126 cm³/mol. The molecule has 1 atom stereocenters. The number of nitrogens with one attached hydrogen (secondary N) is 1. The Morgan fingerprint density at radius 1 is 1.03 bits per heavy atom. The third kappa shape index (κ3) is 3.63. The summed E-state index contributed by atoms with van der Waals surface area (Å²) in [5, 5.41) is 8.45. The molecule has 0 radical (unpaired) electrons. The molecule has 0 aliphatic carbocycles. The molecule has 0 spiro atoms. The van der Waals surface area contributed by atoms with Crippen molar-refractivity contribution in [2.24, 2.45) is 0 Å². The highest BCUT2D eigenvalue weighted by Gasteiger charge is 2.24. The third-order valence-corrected chi connectivity index (χ3v) is 5.81. The molecule has 0 saturated heterocycles. The average molecular weight is 444 g/mol. The summed E-state index contributed by atoms with van der Waals surface area (Å²) in [5.41, 5.74) is 3.33. The Morgan fingerprint density at radius 3 is 2.52 bits per heavy atom. The number of amides is 1. The number of nitrogens with zero attached hydrogens (tertiary/aromatic N) is 3. The molecular weight excluding hydrogens is 420 g/mol.